The van der Waals surface area contributed by atoms with Gasteiger partial charge in [-0.15, -0.1) is 0 Å². The minimum Gasteiger partial charge on any atom is -0.502 e. The maximum absolute atomic E-state index is 13.7. The maximum atomic E-state index is 13.7. The molecule has 1 N–H and O–H groups in total. The predicted molar refractivity (Wildman–Crippen MR) is 94.1 cm³/mol. The van der Waals surface area contributed by atoms with Gasteiger partial charge >= 0.3 is 0 Å². The molecular formula is C19H18FN3O3. The first-order chi connectivity index (χ1) is 12.5. The average Bonchev–Trinajstić information content (AvgIpc) is 2.65. The number of carbonyl (C=O) groups excluding carboxylic acids is 1. The molecule has 0 saturated heterocycles. The van der Waals surface area contributed by atoms with Crippen molar-refractivity contribution in [1.29, 1.82) is 0 Å². The minimum atomic E-state index is -0.589. The highest BCUT2D eigenvalue weighted by molar-refractivity contribution is 5.96. The first-order valence-electron chi connectivity index (χ1n) is 8.46. The summed E-state index contributed by atoms with van der Waals surface area (Å²) in [5, 5.41) is 12.0. The molecule has 134 valence electrons. The number of carbonyl (C=O) groups is 1. The Bertz CT molecular complexity index is 967. The number of allylic oxidation sites excluding steroid dienone is 1. The van der Waals surface area contributed by atoms with Crippen LogP contribution in [0.4, 0.5) is 4.39 Å². The van der Waals surface area contributed by atoms with Crippen LogP contribution >= 0.6 is 0 Å². The summed E-state index contributed by atoms with van der Waals surface area (Å²) in [5.74, 6) is -1.22. The number of nitrogens with zero attached hydrogens (tertiary/aromatic N) is 3. The van der Waals surface area contributed by atoms with Crippen molar-refractivity contribution in [2.45, 2.75) is 19.4 Å². The third kappa shape index (κ3) is 2.75. The Morgan fingerprint density at radius 2 is 1.92 bits per heavy atom. The van der Waals surface area contributed by atoms with Crippen molar-refractivity contribution in [3.05, 3.63) is 75.5 Å². The van der Waals surface area contributed by atoms with E-state index in [2.05, 4.69) is 0 Å². The van der Waals surface area contributed by atoms with E-state index in [1.165, 1.54) is 29.1 Å². The Hall–Kier alpha value is -3.09. The second-order valence-electron chi connectivity index (χ2n) is 6.48. The number of pyridine rings is 1. The normalized spacial score (nSPS) is 18.0. The number of halogens is 1. The molecule has 0 unspecified atom stereocenters. The lowest BCUT2D eigenvalue weighted by Crippen LogP contribution is -2.53. The van der Waals surface area contributed by atoms with E-state index in [1.807, 2.05) is 17.2 Å². The number of aromatic hydroxyl groups is 1. The van der Waals surface area contributed by atoms with Gasteiger partial charge in [0, 0.05) is 18.8 Å². The zero-order valence-corrected chi connectivity index (χ0v) is 14.1. The molecule has 6 nitrogen and oxygen atoms in total. The SMILES string of the molecule is O=C1c2c(O)c(=O)ccn2N2Cc3ccc(F)cc3CC/C=C/CN1C2. The Balaban J connectivity index is 1.86. The molecule has 2 aliphatic heterocycles. The van der Waals surface area contributed by atoms with Gasteiger partial charge in [-0.3, -0.25) is 19.3 Å². The lowest BCUT2D eigenvalue weighted by atomic mass is 10.0. The number of amides is 1. The quantitative estimate of drug-likeness (QED) is 0.731. The van der Waals surface area contributed by atoms with Crippen molar-refractivity contribution >= 4 is 5.91 Å². The number of aryl methyl sites for hydroxylation is 1. The molecule has 1 amide bonds. The third-order valence-corrected chi connectivity index (χ3v) is 4.78. The van der Waals surface area contributed by atoms with Crippen molar-refractivity contribution in [2.75, 3.05) is 18.2 Å². The van der Waals surface area contributed by atoms with E-state index < -0.39 is 11.2 Å². The molecule has 0 radical (unpaired) electrons. The van der Waals surface area contributed by atoms with E-state index in [4.69, 9.17) is 0 Å². The summed E-state index contributed by atoms with van der Waals surface area (Å²) in [7, 11) is 0. The first kappa shape index (κ1) is 16.4. The summed E-state index contributed by atoms with van der Waals surface area (Å²) in [4.78, 5) is 26.1. The van der Waals surface area contributed by atoms with Gasteiger partial charge in [0.2, 0.25) is 5.43 Å². The zero-order chi connectivity index (χ0) is 18.3. The Labute approximate surface area is 149 Å². The molecule has 2 aromatic rings. The van der Waals surface area contributed by atoms with E-state index in [0.717, 1.165) is 17.5 Å². The fourth-order valence-corrected chi connectivity index (χ4v) is 3.43. The lowest BCUT2D eigenvalue weighted by Gasteiger charge is -2.39. The molecule has 3 heterocycles. The van der Waals surface area contributed by atoms with Gasteiger partial charge in [-0.1, -0.05) is 18.2 Å². The number of fused-ring (bicyclic) bond motifs is 5. The molecule has 0 fully saturated rings. The minimum absolute atomic E-state index is 0.0416. The van der Waals surface area contributed by atoms with Gasteiger partial charge in [-0.25, -0.2) is 4.39 Å². The van der Waals surface area contributed by atoms with Crippen molar-refractivity contribution < 1.29 is 14.3 Å². The van der Waals surface area contributed by atoms with Gasteiger partial charge < -0.3 is 10.0 Å². The van der Waals surface area contributed by atoms with Crippen LogP contribution in [0.1, 0.15) is 28.0 Å². The Morgan fingerprint density at radius 3 is 2.77 bits per heavy atom. The van der Waals surface area contributed by atoms with E-state index in [9.17, 15) is 19.1 Å². The molecule has 7 heteroatoms. The smallest absolute Gasteiger partial charge is 0.278 e. The zero-order valence-electron chi connectivity index (χ0n) is 14.1. The van der Waals surface area contributed by atoms with Crippen LogP contribution < -0.4 is 10.4 Å². The van der Waals surface area contributed by atoms with Crippen LogP contribution in [0.2, 0.25) is 0 Å². The number of aromatic nitrogens is 1. The van der Waals surface area contributed by atoms with Gasteiger partial charge in [-0.05, 0) is 36.1 Å². The summed E-state index contributed by atoms with van der Waals surface area (Å²) >= 11 is 0. The third-order valence-electron chi connectivity index (χ3n) is 4.78. The molecule has 1 aromatic carbocycles. The molecule has 26 heavy (non-hydrogen) atoms. The fraction of sp³-hybridized carbons (Fsp3) is 0.263. The van der Waals surface area contributed by atoms with E-state index in [0.29, 0.717) is 26.2 Å². The van der Waals surface area contributed by atoms with Crippen LogP contribution in [0.5, 0.6) is 5.75 Å². The summed E-state index contributed by atoms with van der Waals surface area (Å²) in [5.41, 5.74) is 1.22. The highest BCUT2D eigenvalue weighted by Crippen LogP contribution is 2.23. The molecule has 0 atom stereocenters. The van der Waals surface area contributed by atoms with Crippen LogP contribution in [0.15, 0.2) is 47.4 Å². The average molecular weight is 355 g/mol. The van der Waals surface area contributed by atoms with Gasteiger partial charge in [0.15, 0.2) is 11.4 Å². The second-order valence-corrected chi connectivity index (χ2v) is 6.48. The van der Waals surface area contributed by atoms with Gasteiger partial charge in [0.05, 0.1) is 6.54 Å². The molecule has 4 rings (SSSR count). The van der Waals surface area contributed by atoms with E-state index >= 15 is 0 Å². The van der Waals surface area contributed by atoms with Crippen molar-refractivity contribution in [1.82, 2.24) is 9.58 Å². The molecule has 0 spiro atoms. The molecule has 2 aliphatic rings. The van der Waals surface area contributed by atoms with Crippen LogP contribution in [0.3, 0.4) is 0 Å². The van der Waals surface area contributed by atoms with E-state index in [-0.39, 0.29) is 17.4 Å². The number of hydrogen-bond donors (Lipinski definition) is 1. The number of hydrogen-bond acceptors (Lipinski definition) is 4. The van der Waals surface area contributed by atoms with Crippen molar-refractivity contribution in [2.24, 2.45) is 0 Å². The highest BCUT2D eigenvalue weighted by Gasteiger charge is 2.32. The van der Waals surface area contributed by atoms with Crippen LogP contribution in [-0.2, 0) is 13.0 Å². The second kappa shape index (κ2) is 6.33. The van der Waals surface area contributed by atoms with Crippen LogP contribution in [0.25, 0.3) is 0 Å². The molecule has 0 saturated carbocycles. The first-order valence-corrected chi connectivity index (χ1v) is 8.46. The molecule has 0 aliphatic carbocycles. The van der Waals surface area contributed by atoms with Crippen molar-refractivity contribution in [3.8, 4) is 5.75 Å². The fourth-order valence-electron chi connectivity index (χ4n) is 3.43. The summed E-state index contributed by atoms with van der Waals surface area (Å²) in [6.07, 6.45) is 6.78. The van der Waals surface area contributed by atoms with Crippen LogP contribution in [-0.4, -0.2) is 33.8 Å². The number of benzene rings is 1. The number of rotatable bonds is 0. The van der Waals surface area contributed by atoms with Gasteiger partial charge in [-0.2, -0.15) is 0 Å². The monoisotopic (exact) mass is 355 g/mol. The van der Waals surface area contributed by atoms with Gasteiger partial charge in [0.25, 0.3) is 5.91 Å². The molecular weight excluding hydrogens is 337 g/mol. The van der Waals surface area contributed by atoms with Gasteiger partial charge in [0.1, 0.15) is 12.5 Å². The summed E-state index contributed by atoms with van der Waals surface area (Å²) in [6, 6.07) is 5.94. The largest absolute Gasteiger partial charge is 0.502 e. The van der Waals surface area contributed by atoms with Crippen LogP contribution in [0, 0.1) is 5.82 Å². The topological polar surface area (TPSA) is 65.8 Å². The van der Waals surface area contributed by atoms with Crippen molar-refractivity contribution in [3.63, 3.8) is 0 Å². The lowest BCUT2D eigenvalue weighted by molar-refractivity contribution is 0.0706. The summed E-state index contributed by atoms with van der Waals surface area (Å²) < 4.78 is 15.2. The molecule has 2 bridgehead atoms. The highest BCUT2D eigenvalue weighted by atomic mass is 19.1. The summed E-state index contributed by atoms with van der Waals surface area (Å²) in [6.45, 7) is 1.10. The van der Waals surface area contributed by atoms with E-state index in [1.54, 1.807) is 11.0 Å². The predicted octanol–water partition coefficient (Wildman–Crippen LogP) is 1.75. The maximum Gasteiger partial charge on any atom is 0.278 e. The molecule has 1 aromatic heterocycles. The Kier molecular flexibility index (Phi) is 3.99. The standard InChI is InChI=1S/C19H18FN3O3/c20-15-6-5-14-11-22-12-21(8-3-1-2-4-13(14)10-15)19(26)17-18(25)16(24)7-9-23(17)22/h1,3,5-7,9-10,25H,2,4,8,11-12H2/b3-1+. The Morgan fingerprint density at radius 1 is 1.08 bits per heavy atom.